The fourth-order valence-electron chi connectivity index (χ4n) is 8.19. The zero-order valence-electron chi connectivity index (χ0n) is 38.3. The van der Waals surface area contributed by atoms with E-state index in [0.29, 0.717) is 66.3 Å². The van der Waals surface area contributed by atoms with Crippen molar-refractivity contribution in [1.29, 1.82) is 0 Å². The van der Waals surface area contributed by atoms with Crippen molar-refractivity contribution in [3.8, 4) is 0 Å². The molecule has 0 bridgehead atoms. The third-order valence-corrected chi connectivity index (χ3v) is 16.2. The molecule has 372 valence electrons. The van der Waals surface area contributed by atoms with Gasteiger partial charge in [-0.05, 0) is 81.5 Å². The number of allylic oxidation sites excluding steroid dienone is 8. The molecular weight excluding hydrogens is 953 g/mol. The van der Waals surface area contributed by atoms with Gasteiger partial charge in [0.2, 0.25) is 25.7 Å². The lowest BCUT2D eigenvalue weighted by atomic mass is 9.77. The highest BCUT2D eigenvalue weighted by Gasteiger charge is 2.48. The van der Waals surface area contributed by atoms with Gasteiger partial charge in [-0.2, -0.15) is 4.58 Å². The van der Waals surface area contributed by atoms with Crippen LogP contribution in [0.1, 0.15) is 63.5 Å². The monoisotopic (exact) mass is 1010 g/mol. The van der Waals surface area contributed by atoms with E-state index in [4.69, 9.17) is 19.3 Å². The molecule has 0 spiro atoms. The number of unbranched alkanes of at least 4 members (excludes halogenated alkanes) is 2. The molecule has 0 amide bonds. The molecule has 2 unspecified atom stereocenters. The van der Waals surface area contributed by atoms with Gasteiger partial charge in [0.25, 0.3) is 0 Å². The maximum atomic E-state index is 13.1. The zero-order valence-corrected chi connectivity index (χ0v) is 41.6. The highest BCUT2D eigenvalue weighted by Crippen LogP contribution is 2.51. The molecule has 2 aromatic rings. The molecule has 0 aromatic heterocycles. The van der Waals surface area contributed by atoms with E-state index in [2.05, 4.69) is 9.44 Å². The zero-order chi connectivity index (χ0) is 49.7. The van der Waals surface area contributed by atoms with Crippen molar-refractivity contribution >= 4 is 63.3 Å². The van der Waals surface area contributed by atoms with E-state index in [-0.39, 0.29) is 63.7 Å². The summed E-state index contributed by atoms with van der Waals surface area (Å²) in [5.41, 5.74) is 1.06. The summed E-state index contributed by atoms with van der Waals surface area (Å²) in [4.78, 5) is 12.1. The van der Waals surface area contributed by atoms with Crippen molar-refractivity contribution in [3.05, 3.63) is 95.8 Å². The van der Waals surface area contributed by atoms with Crippen LogP contribution in [0.15, 0.2) is 94.4 Å². The minimum Gasteiger partial charge on any atom is -0.744 e. The third-order valence-electron chi connectivity index (χ3n) is 11.7. The number of carboxylic acid groups (broad SMARTS) is 1. The molecule has 23 heteroatoms. The Morgan fingerprint density at radius 1 is 0.716 bits per heavy atom. The average Bonchev–Trinajstić information content (AvgIpc) is 3.63. The largest absolute Gasteiger partial charge is 0.744 e. The number of nitrogens with one attached hydrogen (secondary N) is 2. The number of hydrogen-bond acceptors (Lipinski definition) is 15. The van der Waals surface area contributed by atoms with Gasteiger partial charge in [0.1, 0.15) is 26.8 Å². The van der Waals surface area contributed by atoms with E-state index in [9.17, 15) is 47.6 Å². The fraction of sp³-hybridized carbons (Fsp3) is 0.500. The molecule has 2 aromatic carbocycles. The lowest BCUT2D eigenvalue weighted by Crippen LogP contribution is -2.37. The van der Waals surface area contributed by atoms with Crippen LogP contribution in [-0.4, -0.2) is 143 Å². The number of ether oxygens (including phenoxy) is 3. The second kappa shape index (κ2) is 23.9. The molecule has 0 fully saturated rings. The number of aliphatic carboxylic acids is 1. The van der Waals surface area contributed by atoms with Gasteiger partial charge in [-0.1, -0.05) is 30.4 Å². The predicted molar refractivity (Wildman–Crippen MR) is 251 cm³/mol. The molecule has 3 N–H and O–H groups in total. The number of sulfonamides is 2. The first-order chi connectivity index (χ1) is 31.4. The molecule has 2 aliphatic rings. The van der Waals surface area contributed by atoms with Gasteiger partial charge in [0, 0.05) is 88.3 Å². The van der Waals surface area contributed by atoms with Crippen LogP contribution in [-0.2, 0) is 70.1 Å². The smallest absolute Gasteiger partial charge is 0.303 e. The first kappa shape index (κ1) is 55.5. The average molecular weight is 1010 g/mol. The van der Waals surface area contributed by atoms with Crippen LogP contribution in [0.5, 0.6) is 0 Å². The molecular formula is C44H61N4O15S4-. The Bertz CT molecular complexity index is 2700. The SMILES string of the molecule is COCCNS(=O)(=O)CCC1(C)C(/C=C/C=C/C=C/C=C2/N(CCOC)c3ccc(S(=O)(=O)[O-])cc3C2(C)CCS(=O)(=O)NCCOC)=[N+](CCCCCC(=O)O)c2ccc(S(=O)(=O)[O-])cc21. The van der Waals surface area contributed by atoms with E-state index in [1.165, 1.54) is 57.7 Å². The third kappa shape index (κ3) is 14.9. The number of nitrogens with zero attached hydrogens (tertiary/aromatic N) is 2. The topological polar surface area (TPSA) is 278 Å². The number of methoxy groups -OCH3 is 3. The Morgan fingerprint density at radius 3 is 1.82 bits per heavy atom. The summed E-state index contributed by atoms with van der Waals surface area (Å²) in [5, 5.41) is 9.16. The Morgan fingerprint density at radius 2 is 1.25 bits per heavy atom. The quantitative estimate of drug-likeness (QED) is 0.0456. The summed E-state index contributed by atoms with van der Waals surface area (Å²) in [6.45, 7) is 4.88. The Balaban J connectivity index is 1.76. The molecule has 4 rings (SSSR count). The standard InChI is InChI=1S/C44H62N4O15S4/c1-43(21-30-64(51,52)45-23-27-61-3)36-32-34(66(55,56)57)17-19-38(36)47(25-13-9-12-16-42(49)50)40(43)14-10-7-6-8-11-15-41-44(2,22-31-65(53,54)46-24-28-62-4)37-33-35(67(58,59)60)18-20-39(37)48(41)26-29-63-5/h6-8,10-11,14-15,17-20,32-33,45-46H,9,12-13,16,21-31H2,1-5H3,(H2-,49,50,55,56,57,58,59,60)/p-1. The molecule has 0 saturated heterocycles. The second-order valence-electron chi connectivity index (χ2n) is 16.4. The van der Waals surface area contributed by atoms with Gasteiger partial charge >= 0.3 is 5.97 Å². The lowest BCUT2D eigenvalue weighted by Gasteiger charge is -2.30. The van der Waals surface area contributed by atoms with E-state index >= 15 is 0 Å². The van der Waals surface area contributed by atoms with Gasteiger partial charge in [0.05, 0.1) is 46.5 Å². The maximum Gasteiger partial charge on any atom is 0.303 e. The molecule has 2 atom stereocenters. The normalized spacial score (nSPS) is 19.7. The molecule has 19 nitrogen and oxygen atoms in total. The van der Waals surface area contributed by atoms with Gasteiger partial charge in [-0.15, -0.1) is 0 Å². The van der Waals surface area contributed by atoms with Crippen molar-refractivity contribution in [3.63, 3.8) is 0 Å². The molecule has 0 saturated carbocycles. The van der Waals surface area contributed by atoms with Crippen LogP contribution in [0.2, 0.25) is 0 Å². The van der Waals surface area contributed by atoms with E-state index in [1.54, 1.807) is 56.4 Å². The van der Waals surface area contributed by atoms with Crippen LogP contribution < -0.4 is 14.3 Å². The summed E-state index contributed by atoms with van der Waals surface area (Å²) in [6.07, 6.45) is 13.6. The fourth-order valence-corrected chi connectivity index (χ4v) is 11.6. The number of carbonyl (C=O) groups is 1. The van der Waals surface area contributed by atoms with Gasteiger partial charge in [-0.3, -0.25) is 4.79 Å². The molecule has 2 aliphatic heterocycles. The van der Waals surface area contributed by atoms with E-state index in [0.717, 1.165) is 0 Å². The van der Waals surface area contributed by atoms with Crippen molar-refractivity contribution in [1.82, 2.24) is 9.44 Å². The van der Waals surface area contributed by atoms with Crippen molar-refractivity contribution < 1.29 is 71.5 Å². The summed E-state index contributed by atoms with van der Waals surface area (Å²) in [5.74, 6) is -1.61. The van der Waals surface area contributed by atoms with Crippen LogP contribution in [0.25, 0.3) is 0 Å². The Labute approximate surface area is 394 Å². The van der Waals surface area contributed by atoms with Crippen LogP contribution >= 0.6 is 0 Å². The van der Waals surface area contributed by atoms with Crippen LogP contribution in [0.3, 0.4) is 0 Å². The highest BCUT2D eigenvalue weighted by molar-refractivity contribution is 7.89. The minimum atomic E-state index is -4.89. The molecule has 0 aliphatic carbocycles. The van der Waals surface area contributed by atoms with E-state index in [1.807, 2.05) is 9.48 Å². The Hall–Kier alpha value is -4.14. The minimum absolute atomic E-state index is 0.00892. The molecule has 2 heterocycles. The van der Waals surface area contributed by atoms with Crippen LogP contribution in [0, 0.1) is 0 Å². The molecule has 0 radical (unpaired) electrons. The lowest BCUT2D eigenvalue weighted by molar-refractivity contribution is -0.438. The Kier molecular flexibility index (Phi) is 19.8. The second-order valence-corrected chi connectivity index (χ2v) is 23.0. The number of fused-ring (bicyclic) bond motifs is 2. The summed E-state index contributed by atoms with van der Waals surface area (Å²) < 4.78 is 148. The summed E-state index contributed by atoms with van der Waals surface area (Å²) >= 11 is 0. The highest BCUT2D eigenvalue weighted by atomic mass is 32.2. The van der Waals surface area contributed by atoms with Crippen LogP contribution in [0.4, 0.5) is 11.4 Å². The maximum absolute atomic E-state index is 13.1. The number of rotatable bonds is 29. The van der Waals surface area contributed by atoms with Gasteiger partial charge < -0.3 is 33.3 Å². The number of carboxylic acids is 1. The van der Waals surface area contributed by atoms with Gasteiger partial charge in [-0.25, -0.2) is 43.1 Å². The predicted octanol–water partition coefficient (Wildman–Crippen LogP) is 3.38. The number of hydrogen-bond donors (Lipinski definition) is 3. The van der Waals surface area contributed by atoms with Crippen molar-refractivity contribution in [2.24, 2.45) is 0 Å². The van der Waals surface area contributed by atoms with Gasteiger partial charge in [0.15, 0.2) is 5.71 Å². The number of benzene rings is 2. The summed E-state index contributed by atoms with van der Waals surface area (Å²) in [6, 6.07) is 8.04. The number of anilines is 1. The first-order valence-electron chi connectivity index (χ1n) is 21.4. The van der Waals surface area contributed by atoms with Crippen molar-refractivity contribution in [2.45, 2.75) is 73.0 Å². The molecule has 67 heavy (non-hydrogen) atoms. The summed E-state index contributed by atoms with van der Waals surface area (Å²) in [7, 11) is -13.0. The van der Waals surface area contributed by atoms with E-state index < -0.39 is 66.9 Å². The van der Waals surface area contributed by atoms with Crippen molar-refractivity contribution in [2.75, 3.05) is 83.7 Å². The first-order valence-corrected chi connectivity index (χ1v) is 27.5.